The summed E-state index contributed by atoms with van der Waals surface area (Å²) >= 11 is 0. The zero-order valence-electron chi connectivity index (χ0n) is 11.9. The van der Waals surface area contributed by atoms with E-state index in [0.717, 1.165) is 32.2 Å². The van der Waals surface area contributed by atoms with E-state index in [1.807, 2.05) is 7.05 Å². The van der Waals surface area contributed by atoms with Gasteiger partial charge in [-0.25, -0.2) is 0 Å². The van der Waals surface area contributed by atoms with Gasteiger partial charge in [0.25, 0.3) is 0 Å². The van der Waals surface area contributed by atoms with Crippen LogP contribution in [0, 0.1) is 0 Å². The van der Waals surface area contributed by atoms with Gasteiger partial charge in [0.15, 0.2) is 0 Å². The summed E-state index contributed by atoms with van der Waals surface area (Å²) in [4.78, 5) is 13.3. The maximum atomic E-state index is 11.1. The van der Waals surface area contributed by atoms with Crippen molar-refractivity contribution >= 4 is 5.97 Å². The van der Waals surface area contributed by atoms with Crippen LogP contribution in [-0.4, -0.2) is 45.8 Å². The van der Waals surface area contributed by atoms with Crippen LogP contribution < -0.4 is 0 Å². The van der Waals surface area contributed by atoms with Crippen LogP contribution in [0.5, 0.6) is 0 Å². The number of hydrogen-bond acceptors (Lipinski definition) is 3. The molecule has 1 aliphatic carbocycles. The lowest BCUT2D eigenvalue weighted by atomic mass is 9.78. The molecule has 4 heteroatoms. The Balaban J connectivity index is 2.66. The molecule has 4 nitrogen and oxygen atoms in total. The molecule has 0 heterocycles. The average Bonchev–Trinajstić information content (AvgIpc) is 2.25. The van der Waals surface area contributed by atoms with Gasteiger partial charge in [-0.3, -0.25) is 9.69 Å². The van der Waals surface area contributed by atoms with Gasteiger partial charge in [-0.05, 0) is 40.2 Å². The molecule has 0 aliphatic heterocycles. The van der Waals surface area contributed by atoms with Gasteiger partial charge in [0.05, 0.1) is 12.0 Å². The molecule has 1 rings (SSSR count). The smallest absolute Gasteiger partial charge is 0.305 e. The molecule has 0 bridgehead atoms. The fourth-order valence-electron chi connectivity index (χ4n) is 2.86. The van der Waals surface area contributed by atoms with E-state index in [4.69, 9.17) is 5.11 Å². The second-order valence-corrected chi connectivity index (χ2v) is 6.34. The third-order valence-corrected chi connectivity index (χ3v) is 4.13. The maximum absolute atomic E-state index is 11.1. The lowest BCUT2D eigenvalue weighted by Gasteiger charge is -2.44. The molecule has 0 saturated heterocycles. The van der Waals surface area contributed by atoms with Gasteiger partial charge < -0.3 is 10.2 Å². The summed E-state index contributed by atoms with van der Waals surface area (Å²) in [5.74, 6) is -0.716. The molecule has 0 aromatic heterocycles. The third-order valence-electron chi connectivity index (χ3n) is 4.13. The Morgan fingerprint density at radius 2 is 1.83 bits per heavy atom. The van der Waals surface area contributed by atoms with Crippen LogP contribution >= 0.6 is 0 Å². The first-order valence-corrected chi connectivity index (χ1v) is 6.91. The van der Waals surface area contributed by atoms with Crippen molar-refractivity contribution in [2.75, 3.05) is 13.6 Å². The second-order valence-electron chi connectivity index (χ2n) is 6.34. The Kier molecular flexibility index (Phi) is 5.17. The van der Waals surface area contributed by atoms with Gasteiger partial charge in [0.2, 0.25) is 0 Å². The van der Waals surface area contributed by atoms with Crippen molar-refractivity contribution in [3.05, 3.63) is 0 Å². The Morgan fingerprint density at radius 3 is 2.28 bits per heavy atom. The summed E-state index contributed by atoms with van der Waals surface area (Å²) in [5, 5.41) is 18.9. The lowest BCUT2D eigenvalue weighted by Crippen LogP contribution is -2.50. The molecule has 0 atom stereocenters. The summed E-state index contributed by atoms with van der Waals surface area (Å²) in [7, 11) is 2.00. The van der Waals surface area contributed by atoms with Gasteiger partial charge in [0, 0.05) is 12.1 Å². The van der Waals surface area contributed by atoms with Crippen LogP contribution in [0.25, 0.3) is 0 Å². The number of rotatable bonds is 6. The largest absolute Gasteiger partial charge is 0.481 e. The average molecular weight is 257 g/mol. The van der Waals surface area contributed by atoms with Gasteiger partial charge in [-0.1, -0.05) is 19.3 Å². The van der Waals surface area contributed by atoms with Crippen molar-refractivity contribution in [1.82, 2.24) is 4.90 Å². The molecule has 1 aliphatic rings. The summed E-state index contributed by atoms with van der Waals surface area (Å²) in [6.07, 6.45) is 6.24. The first-order valence-electron chi connectivity index (χ1n) is 6.91. The molecule has 0 radical (unpaired) electrons. The minimum absolute atomic E-state index is 0.199. The summed E-state index contributed by atoms with van der Waals surface area (Å²) < 4.78 is 0. The van der Waals surface area contributed by atoms with Gasteiger partial charge in [0.1, 0.15) is 0 Å². The Bertz CT molecular complexity index is 277. The summed E-state index contributed by atoms with van der Waals surface area (Å²) in [5.41, 5.74) is -0.886. The standard InChI is InChI=1S/C14H27NO3/c1-13(2,18)9-10-15(3)14(11-12(16)17)7-5-4-6-8-14/h18H,4-11H2,1-3H3,(H,16,17). The number of aliphatic carboxylic acids is 1. The first kappa shape index (κ1) is 15.4. The normalized spacial score (nSPS) is 20.1. The predicted molar refractivity (Wildman–Crippen MR) is 71.6 cm³/mol. The fourth-order valence-corrected chi connectivity index (χ4v) is 2.86. The van der Waals surface area contributed by atoms with E-state index in [-0.39, 0.29) is 12.0 Å². The van der Waals surface area contributed by atoms with Gasteiger partial charge in [-0.15, -0.1) is 0 Å². The van der Waals surface area contributed by atoms with Crippen LogP contribution in [0.1, 0.15) is 58.8 Å². The monoisotopic (exact) mass is 257 g/mol. The first-order chi connectivity index (χ1) is 8.25. The Hall–Kier alpha value is -0.610. The van der Waals surface area contributed by atoms with E-state index in [1.54, 1.807) is 13.8 Å². The number of aliphatic hydroxyl groups is 1. The number of carboxylic acids is 1. The van der Waals surface area contributed by atoms with Crippen molar-refractivity contribution in [3.8, 4) is 0 Å². The molecule has 0 spiro atoms. The molecular formula is C14H27NO3. The molecule has 18 heavy (non-hydrogen) atoms. The number of hydrogen-bond donors (Lipinski definition) is 2. The van der Waals surface area contributed by atoms with Gasteiger partial charge >= 0.3 is 5.97 Å². The molecule has 0 unspecified atom stereocenters. The highest BCUT2D eigenvalue weighted by Crippen LogP contribution is 2.36. The van der Waals surface area contributed by atoms with Crippen molar-refractivity contribution in [1.29, 1.82) is 0 Å². The molecule has 2 N–H and O–H groups in total. The third kappa shape index (κ3) is 4.58. The molecule has 0 aromatic rings. The minimum Gasteiger partial charge on any atom is -0.481 e. The molecule has 106 valence electrons. The molecule has 1 fully saturated rings. The zero-order valence-corrected chi connectivity index (χ0v) is 11.9. The number of nitrogens with zero attached hydrogens (tertiary/aromatic N) is 1. The molecule has 0 amide bonds. The van der Waals surface area contributed by atoms with E-state index >= 15 is 0 Å². The highest BCUT2D eigenvalue weighted by Gasteiger charge is 2.38. The van der Waals surface area contributed by atoms with E-state index in [0.29, 0.717) is 6.42 Å². The van der Waals surface area contributed by atoms with Crippen molar-refractivity contribution < 1.29 is 15.0 Å². The Labute approximate surface area is 110 Å². The van der Waals surface area contributed by atoms with Crippen LogP contribution in [-0.2, 0) is 4.79 Å². The maximum Gasteiger partial charge on any atom is 0.305 e. The molecule has 0 aromatic carbocycles. The lowest BCUT2D eigenvalue weighted by molar-refractivity contribution is -0.141. The predicted octanol–water partition coefficient (Wildman–Crippen LogP) is 2.26. The van der Waals surface area contributed by atoms with Gasteiger partial charge in [-0.2, -0.15) is 0 Å². The molecular weight excluding hydrogens is 230 g/mol. The van der Waals surface area contributed by atoms with Crippen LogP contribution in [0.3, 0.4) is 0 Å². The van der Waals surface area contributed by atoms with E-state index in [1.165, 1.54) is 6.42 Å². The highest BCUT2D eigenvalue weighted by molar-refractivity contribution is 5.68. The second kappa shape index (κ2) is 6.02. The molecule has 1 saturated carbocycles. The Morgan fingerprint density at radius 1 is 1.28 bits per heavy atom. The van der Waals surface area contributed by atoms with Crippen LogP contribution in [0.2, 0.25) is 0 Å². The number of carboxylic acid groups (broad SMARTS) is 1. The van der Waals surface area contributed by atoms with E-state index in [2.05, 4.69) is 4.90 Å². The van der Waals surface area contributed by atoms with E-state index < -0.39 is 11.6 Å². The van der Waals surface area contributed by atoms with E-state index in [9.17, 15) is 9.90 Å². The topological polar surface area (TPSA) is 60.8 Å². The quantitative estimate of drug-likeness (QED) is 0.766. The van der Waals surface area contributed by atoms with Crippen molar-refractivity contribution in [2.45, 2.75) is 69.9 Å². The van der Waals surface area contributed by atoms with Crippen molar-refractivity contribution in [2.24, 2.45) is 0 Å². The summed E-state index contributed by atoms with van der Waals surface area (Å²) in [6, 6.07) is 0. The number of carbonyl (C=O) groups is 1. The summed E-state index contributed by atoms with van der Waals surface area (Å²) in [6.45, 7) is 4.34. The highest BCUT2D eigenvalue weighted by atomic mass is 16.4. The minimum atomic E-state index is -0.716. The van der Waals surface area contributed by atoms with Crippen LogP contribution in [0.4, 0.5) is 0 Å². The fraction of sp³-hybridized carbons (Fsp3) is 0.929. The van der Waals surface area contributed by atoms with Crippen LogP contribution in [0.15, 0.2) is 0 Å². The SMILES string of the molecule is CN(CCC(C)(C)O)C1(CC(=O)O)CCCCC1. The zero-order chi connectivity index (χ0) is 13.8. The van der Waals surface area contributed by atoms with Crippen molar-refractivity contribution in [3.63, 3.8) is 0 Å².